The maximum Gasteiger partial charge on any atom is 0.324 e. The monoisotopic (exact) mass is 439 g/mol. The summed E-state index contributed by atoms with van der Waals surface area (Å²) >= 11 is 7.84. The van der Waals surface area contributed by atoms with E-state index in [0.717, 1.165) is 16.9 Å². The predicted octanol–water partition coefficient (Wildman–Crippen LogP) is 5.42. The van der Waals surface area contributed by atoms with Crippen LogP contribution in [-0.2, 0) is 17.8 Å². The summed E-state index contributed by atoms with van der Waals surface area (Å²) in [5, 5.41) is 5.59. The summed E-state index contributed by atoms with van der Waals surface area (Å²) in [6.07, 6.45) is 1.16. The molecule has 30 heavy (non-hydrogen) atoms. The summed E-state index contributed by atoms with van der Waals surface area (Å²) in [6.45, 7) is 1.74. The van der Waals surface area contributed by atoms with Crippen LogP contribution in [0.3, 0.4) is 0 Å². The van der Waals surface area contributed by atoms with E-state index in [0.29, 0.717) is 42.5 Å². The second-order valence-electron chi connectivity index (χ2n) is 7.12. The van der Waals surface area contributed by atoms with Crippen LogP contribution in [-0.4, -0.2) is 29.9 Å². The maximum absolute atomic E-state index is 13.2. The minimum atomic E-state index is -0.0951. The van der Waals surface area contributed by atoms with Gasteiger partial charge < -0.3 is 10.2 Å². The Hall–Kier alpha value is -2.83. The molecule has 1 N–H and O–H groups in total. The van der Waals surface area contributed by atoms with Crippen LogP contribution in [0.15, 0.2) is 66.0 Å². The molecule has 3 amide bonds. The van der Waals surface area contributed by atoms with Crippen LogP contribution in [0.4, 0.5) is 16.2 Å². The number of amides is 3. The van der Waals surface area contributed by atoms with Gasteiger partial charge in [-0.15, -0.1) is 11.3 Å². The molecule has 1 aromatic heterocycles. The van der Waals surface area contributed by atoms with E-state index in [-0.39, 0.29) is 11.9 Å². The Morgan fingerprint density at radius 3 is 2.63 bits per heavy atom. The number of carbonyl (C=O) groups is 2. The minimum Gasteiger partial charge on any atom is -0.324 e. The van der Waals surface area contributed by atoms with Gasteiger partial charge in [-0.1, -0.05) is 48.0 Å². The molecule has 0 saturated carbocycles. The molecule has 7 heteroatoms. The van der Waals surface area contributed by atoms with Crippen molar-refractivity contribution >= 4 is 46.3 Å². The van der Waals surface area contributed by atoms with E-state index in [9.17, 15) is 9.59 Å². The molecule has 4 rings (SSSR count). The van der Waals surface area contributed by atoms with Crippen LogP contribution in [0, 0.1) is 0 Å². The van der Waals surface area contributed by atoms with Crippen LogP contribution in [0.5, 0.6) is 0 Å². The number of urea groups is 1. The number of benzene rings is 2. The molecule has 2 heterocycles. The third-order valence-corrected chi connectivity index (χ3v) is 6.26. The highest BCUT2D eigenvalue weighted by molar-refractivity contribution is 7.10. The van der Waals surface area contributed by atoms with Crippen LogP contribution >= 0.6 is 22.9 Å². The highest BCUT2D eigenvalue weighted by Crippen LogP contribution is 2.30. The van der Waals surface area contributed by atoms with Crippen molar-refractivity contribution < 1.29 is 9.59 Å². The maximum atomic E-state index is 13.2. The Labute approximate surface area is 184 Å². The van der Waals surface area contributed by atoms with Crippen LogP contribution in [0.25, 0.3) is 0 Å². The van der Waals surface area contributed by atoms with Gasteiger partial charge >= 0.3 is 6.03 Å². The molecule has 1 aliphatic heterocycles. The van der Waals surface area contributed by atoms with Gasteiger partial charge in [0.2, 0.25) is 5.91 Å². The van der Waals surface area contributed by atoms with Crippen molar-refractivity contribution in [3.8, 4) is 0 Å². The molecular weight excluding hydrogens is 418 g/mol. The summed E-state index contributed by atoms with van der Waals surface area (Å²) in [7, 11) is 0. The van der Waals surface area contributed by atoms with Crippen molar-refractivity contribution in [2.24, 2.45) is 0 Å². The third kappa shape index (κ3) is 4.66. The number of hydrogen-bond donors (Lipinski definition) is 1. The number of halogens is 1. The fourth-order valence-electron chi connectivity index (χ4n) is 3.56. The van der Waals surface area contributed by atoms with Crippen molar-refractivity contribution in [1.82, 2.24) is 4.90 Å². The molecule has 0 radical (unpaired) electrons. The van der Waals surface area contributed by atoms with E-state index in [1.165, 1.54) is 0 Å². The van der Waals surface area contributed by atoms with Crippen LogP contribution in [0.2, 0.25) is 5.02 Å². The number of thiophene rings is 1. The lowest BCUT2D eigenvalue weighted by molar-refractivity contribution is -0.115. The number of para-hydroxylation sites is 2. The molecule has 1 fully saturated rings. The van der Waals surface area contributed by atoms with E-state index in [1.54, 1.807) is 21.1 Å². The van der Waals surface area contributed by atoms with E-state index in [1.807, 2.05) is 66.0 Å². The standard InChI is InChI=1S/C23H22ClN3O2S/c24-19-9-2-1-7-17(19)16-26-12-6-13-27(23(26)29)21-11-4-3-10-20(21)25-22(28)15-18-8-5-14-30-18/h1-5,7-11,14H,6,12-13,15-16H2,(H,25,28). The van der Waals surface area contributed by atoms with E-state index >= 15 is 0 Å². The summed E-state index contributed by atoms with van der Waals surface area (Å²) in [5.41, 5.74) is 2.28. The lowest BCUT2D eigenvalue weighted by Crippen LogP contribution is -2.49. The second-order valence-corrected chi connectivity index (χ2v) is 8.56. The Kier molecular flexibility index (Phi) is 6.35. The number of nitrogens with one attached hydrogen (secondary N) is 1. The Morgan fingerprint density at radius 1 is 1.03 bits per heavy atom. The van der Waals surface area contributed by atoms with Crippen LogP contribution < -0.4 is 10.2 Å². The van der Waals surface area contributed by atoms with Gasteiger partial charge in [0.1, 0.15) is 0 Å². The van der Waals surface area contributed by atoms with Gasteiger partial charge in [-0.05, 0) is 41.6 Å². The molecule has 0 atom stereocenters. The lowest BCUT2D eigenvalue weighted by atomic mass is 10.1. The lowest BCUT2D eigenvalue weighted by Gasteiger charge is -2.36. The van der Waals surface area contributed by atoms with E-state index < -0.39 is 0 Å². The van der Waals surface area contributed by atoms with Crippen molar-refractivity contribution in [2.45, 2.75) is 19.4 Å². The van der Waals surface area contributed by atoms with Gasteiger partial charge in [-0.25, -0.2) is 4.79 Å². The summed E-state index contributed by atoms with van der Waals surface area (Å²) < 4.78 is 0. The SMILES string of the molecule is O=C(Cc1cccs1)Nc1ccccc1N1CCCN(Cc2ccccc2Cl)C1=O. The number of carbonyl (C=O) groups excluding carboxylic acids is 2. The van der Waals surface area contributed by atoms with Crippen LogP contribution in [0.1, 0.15) is 16.9 Å². The van der Waals surface area contributed by atoms with Gasteiger partial charge in [0, 0.05) is 29.5 Å². The Balaban J connectivity index is 1.51. The molecule has 1 saturated heterocycles. The normalized spacial score (nSPS) is 14.1. The molecule has 0 unspecified atom stereocenters. The molecular formula is C23H22ClN3O2S. The number of rotatable bonds is 6. The predicted molar refractivity (Wildman–Crippen MR) is 122 cm³/mol. The second kappa shape index (κ2) is 9.32. The largest absolute Gasteiger partial charge is 0.324 e. The smallest absolute Gasteiger partial charge is 0.324 e. The van der Waals surface area contributed by atoms with Gasteiger partial charge in [0.15, 0.2) is 0 Å². The first kappa shape index (κ1) is 20.4. The fraction of sp³-hybridized carbons (Fsp3) is 0.217. The Bertz CT molecular complexity index is 1040. The fourth-order valence-corrected chi connectivity index (χ4v) is 4.46. The number of nitrogens with zero attached hydrogens (tertiary/aromatic N) is 2. The first-order valence-corrected chi connectivity index (χ1v) is 11.1. The van der Waals surface area contributed by atoms with Gasteiger partial charge in [0.05, 0.1) is 17.8 Å². The first-order valence-electron chi connectivity index (χ1n) is 9.83. The minimum absolute atomic E-state index is 0.0823. The average molecular weight is 440 g/mol. The highest BCUT2D eigenvalue weighted by atomic mass is 35.5. The molecule has 5 nitrogen and oxygen atoms in total. The molecule has 154 valence electrons. The number of hydrogen-bond acceptors (Lipinski definition) is 3. The molecule has 3 aromatic rings. The van der Waals surface area contributed by atoms with Crippen molar-refractivity contribution in [3.63, 3.8) is 0 Å². The molecule has 0 spiro atoms. The van der Waals surface area contributed by atoms with Crippen molar-refractivity contribution in [3.05, 3.63) is 81.5 Å². The highest BCUT2D eigenvalue weighted by Gasteiger charge is 2.28. The topological polar surface area (TPSA) is 52.7 Å². The van der Waals surface area contributed by atoms with E-state index in [4.69, 9.17) is 11.6 Å². The molecule has 0 bridgehead atoms. The zero-order chi connectivity index (χ0) is 20.9. The van der Waals surface area contributed by atoms with E-state index in [2.05, 4.69) is 5.32 Å². The van der Waals surface area contributed by atoms with Gasteiger partial charge in [-0.3, -0.25) is 9.69 Å². The molecule has 2 aromatic carbocycles. The quantitative estimate of drug-likeness (QED) is 0.557. The summed E-state index contributed by atoms with van der Waals surface area (Å²) in [4.78, 5) is 30.3. The third-order valence-electron chi connectivity index (χ3n) is 5.01. The molecule has 0 aliphatic carbocycles. The molecule has 1 aliphatic rings. The number of anilines is 2. The first-order chi connectivity index (χ1) is 14.6. The van der Waals surface area contributed by atoms with Gasteiger partial charge in [0.25, 0.3) is 0 Å². The average Bonchev–Trinajstić information content (AvgIpc) is 3.25. The summed E-state index contributed by atoms with van der Waals surface area (Å²) in [5.74, 6) is -0.0951. The summed E-state index contributed by atoms with van der Waals surface area (Å²) in [6, 6.07) is 18.8. The van der Waals surface area contributed by atoms with Crippen molar-refractivity contribution in [1.29, 1.82) is 0 Å². The Morgan fingerprint density at radius 2 is 1.83 bits per heavy atom. The zero-order valence-electron chi connectivity index (χ0n) is 16.4. The van der Waals surface area contributed by atoms with Crippen molar-refractivity contribution in [2.75, 3.05) is 23.3 Å². The van der Waals surface area contributed by atoms with Gasteiger partial charge in [-0.2, -0.15) is 0 Å². The zero-order valence-corrected chi connectivity index (χ0v) is 18.0.